The van der Waals surface area contributed by atoms with Crippen molar-refractivity contribution < 1.29 is 22.7 Å². The molecule has 37 heavy (non-hydrogen) atoms. The van der Waals surface area contributed by atoms with Crippen LogP contribution in [0.1, 0.15) is 53.0 Å². The van der Waals surface area contributed by atoms with E-state index in [9.17, 15) is 18.0 Å². The summed E-state index contributed by atoms with van der Waals surface area (Å²) in [6.45, 7) is 1.17. The summed E-state index contributed by atoms with van der Waals surface area (Å²) >= 11 is 0. The number of halogens is 3. The Bertz CT molecular complexity index is 1280. The molecule has 1 aromatic heterocycles. The molecule has 0 saturated heterocycles. The van der Waals surface area contributed by atoms with Crippen molar-refractivity contribution in [3.05, 3.63) is 71.0 Å². The Morgan fingerprint density at radius 1 is 1.03 bits per heavy atom. The molecule has 1 amide bonds. The Morgan fingerprint density at radius 2 is 1.68 bits per heavy atom. The second kappa shape index (κ2) is 9.52. The van der Waals surface area contributed by atoms with E-state index in [-0.39, 0.29) is 29.6 Å². The van der Waals surface area contributed by atoms with Crippen molar-refractivity contribution in [3.63, 3.8) is 0 Å². The summed E-state index contributed by atoms with van der Waals surface area (Å²) in [7, 11) is 5.66. The largest absolute Gasteiger partial charge is 0.497 e. The van der Waals surface area contributed by atoms with Crippen molar-refractivity contribution in [1.29, 1.82) is 0 Å². The molecule has 1 fully saturated rings. The molecule has 0 spiro atoms. The molecule has 0 N–H and O–H groups in total. The van der Waals surface area contributed by atoms with Gasteiger partial charge in [0.1, 0.15) is 11.4 Å². The van der Waals surface area contributed by atoms with E-state index in [0.717, 1.165) is 30.5 Å². The second-order valence-electron chi connectivity index (χ2n) is 10.2. The van der Waals surface area contributed by atoms with E-state index < -0.39 is 17.8 Å². The summed E-state index contributed by atoms with van der Waals surface area (Å²) in [4.78, 5) is 17.4. The SMILES string of the molecule is COc1ccc(-n2nc(C(F)(F)F)c3c2C(=O)N(c2ccc(C4(CCN(C)C)CCC4)cc2)CC3)cc1. The molecule has 196 valence electrons. The molecule has 0 atom stereocenters. The number of nitrogens with zero attached hydrogens (tertiary/aromatic N) is 4. The fourth-order valence-electron chi connectivity index (χ4n) is 5.46. The van der Waals surface area contributed by atoms with Crippen molar-refractivity contribution in [3.8, 4) is 11.4 Å². The number of amides is 1. The number of alkyl halides is 3. The maximum Gasteiger partial charge on any atom is 0.435 e. The number of benzene rings is 2. The number of anilines is 1. The Kier molecular flexibility index (Phi) is 6.52. The Morgan fingerprint density at radius 3 is 2.22 bits per heavy atom. The third-order valence-electron chi connectivity index (χ3n) is 7.74. The predicted octanol–water partition coefficient (Wildman–Crippen LogP) is 5.48. The highest BCUT2D eigenvalue weighted by molar-refractivity contribution is 6.07. The molecule has 0 bridgehead atoms. The van der Waals surface area contributed by atoms with E-state index in [1.165, 1.54) is 19.1 Å². The van der Waals surface area contributed by atoms with E-state index in [0.29, 0.717) is 17.1 Å². The van der Waals surface area contributed by atoms with Crippen LogP contribution in [0, 0.1) is 0 Å². The molecule has 3 aromatic rings. The molecule has 2 aromatic carbocycles. The molecule has 0 unspecified atom stereocenters. The van der Waals surface area contributed by atoms with Crippen molar-refractivity contribution in [1.82, 2.24) is 14.7 Å². The van der Waals surface area contributed by atoms with Crippen molar-refractivity contribution in [2.45, 2.75) is 43.7 Å². The van der Waals surface area contributed by atoms with Crippen LogP contribution < -0.4 is 9.64 Å². The third kappa shape index (κ3) is 4.61. The fraction of sp³-hybridized carbons (Fsp3) is 0.429. The minimum atomic E-state index is -4.66. The van der Waals surface area contributed by atoms with Crippen LogP contribution in [-0.2, 0) is 18.0 Å². The number of methoxy groups -OCH3 is 1. The summed E-state index contributed by atoms with van der Waals surface area (Å²) in [6.07, 6.45) is -0.0108. The van der Waals surface area contributed by atoms with Gasteiger partial charge in [0, 0.05) is 17.8 Å². The minimum Gasteiger partial charge on any atom is -0.497 e. The number of hydrogen-bond acceptors (Lipinski definition) is 4. The Labute approximate surface area is 214 Å². The van der Waals surface area contributed by atoms with Crippen LogP contribution in [0.25, 0.3) is 5.69 Å². The lowest BCUT2D eigenvalue weighted by Gasteiger charge is -2.43. The molecule has 6 nitrogen and oxygen atoms in total. The van der Waals surface area contributed by atoms with Gasteiger partial charge in [-0.1, -0.05) is 18.6 Å². The summed E-state index contributed by atoms with van der Waals surface area (Å²) in [5.41, 5.74) is 1.36. The van der Waals surface area contributed by atoms with Gasteiger partial charge in [-0.3, -0.25) is 4.79 Å². The van der Waals surface area contributed by atoms with E-state index in [2.05, 4.69) is 36.2 Å². The highest BCUT2D eigenvalue weighted by atomic mass is 19.4. The summed E-state index contributed by atoms with van der Waals surface area (Å²) < 4.78 is 47.8. The van der Waals surface area contributed by atoms with Gasteiger partial charge < -0.3 is 14.5 Å². The van der Waals surface area contributed by atoms with Crippen molar-refractivity contribution in [2.75, 3.05) is 39.2 Å². The first kappa shape index (κ1) is 25.3. The van der Waals surface area contributed by atoms with E-state index in [4.69, 9.17) is 4.74 Å². The monoisotopic (exact) mass is 512 g/mol. The van der Waals surface area contributed by atoms with Gasteiger partial charge in [-0.2, -0.15) is 18.3 Å². The lowest BCUT2D eigenvalue weighted by molar-refractivity contribution is -0.141. The molecule has 1 saturated carbocycles. The molecule has 1 aliphatic heterocycles. The smallest absolute Gasteiger partial charge is 0.435 e. The van der Waals surface area contributed by atoms with Crippen LogP contribution in [0.3, 0.4) is 0 Å². The van der Waals surface area contributed by atoms with Gasteiger partial charge in [-0.15, -0.1) is 0 Å². The van der Waals surface area contributed by atoms with Gasteiger partial charge in [0.15, 0.2) is 5.69 Å². The maximum atomic E-state index is 13.9. The number of rotatable bonds is 7. The number of fused-ring (bicyclic) bond motifs is 1. The van der Waals surface area contributed by atoms with Crippen LogP contribution in [0.5, 0.6) is 5.75 Å². The van der Waals surface area contributed by atoms with Crippen molar-refractivity contribution >= 4 is 11.6 Å². The van der Waals surface area contributed by atoms with Crippen LogP contribution in [0.2, 0.25) is 0 Å². The first-order valence-electron chi connectivity index (χ1n) is 12.5. The van der Waals surface area contributed by atoms with Crippen molar-refractivity contribution in [2.24, 2.45) is 0 Å². The number of hydrogen-bond donors (Lipinski definition) is 0. The molecule has 9 heteroatoms. The highest BCUT2D eigenvalue weighted by Gasteiger charge is 2.43. The van der Waals surface area contributed by atoms with Crippen LogP contribution in [0.4, 0.5) is 18.9 Å². The molecule has 5 rings (SSSR count). The molecule has 1 aliphatic carbocycles. The number of carbonyl (C=O) groups excluding carboxylic acids is 1. The molecule has 2 aliphatic rings. The van der Waals surface area contributed by atoms with E-state index >= 15 is 0 Å². The van der Waals surface area contributed by atoms with Gasteiger partial charge in [-0.25, -0.2) is 4.68 Å². The minimum absolute atomic E-state index is 0.0470. The fourth-order valence-corrected chi connectivity index (χ4v) is 5.46. The number of carbonyl (C=O) groups is 1. The zero-order valence-electron chi connectivity index (χ0n) is 21.3. The zero-order valence-corrected chi connectivity index (χ0v) is 21.3. The molecule has 2 heterocycles. The summed E-state index contributed by atoms with van der Waals surface area (Å²) in [6, 6.07) is 14.5. The first-order chi connectivity index (χ1) is 17.6. The van der Waals surface area contributed by atoms with Crippen LogP contribution in [-0.4, -0.2) is 54.9 Å². The van der Waals surface area contributed by atoms with E-state index in [1.54, 1.807) is 29.2 Å². The van der Waals surface area contributed by atoms with Gasteiger partial charge in [-0.05, 0) is 93.7 Å². The maximum absolute atomic E-state index is 13.9. The average Bonchev–Trinajstić information content (AvgIpc) is 3.25. The van der Waals surface area contributed by atoms with Crippen LogP contribution >= 0.6 is 0 Å². The molecule has 0 radical (unpaired) electrons. The summed E-state index contributed by atoms with van der Waals surface area (Å²) in [5.74, 6) is 0.0717. The molecular formula is C28H31F3N4O2. The lowest BCUT2D eigenvalue weighted by Crippen LogP contribution is -2.39. The van der Waals surface area contributed by atoms with Gasteiger partial charge in [0.25, 0.3) is 5.91 Å². The number of ether oxygens (including phenoxy) is 1. The van der Waals surface area contributed by atoms with Gasteiger partial charge in [0.2, 0.25) is 0 Å². The third-order valence-corrected chi connectivity index (χ3v) is 7.74. The summed E-state index contributed by atoms with van der Waals surface area (Å²) in [5, 5.41) is 3.87. The number of aromatic nitrogens is 2. The Balaban J connectivity index is 1.48. The average molecular weight is 513 g/mol. The first-order valence-corrected chi connectivity index (χ1v) is 12.5. The second-order valence-corrected chi connectivity index (χ2v) is 10.2. The van der Waals surface area contributed by atoms with Gasteiger partial charge in [0.05, 0.1) is 12.8 Å². The molecular weight excluding hydrogens is 481 g/mol. The Hall–Kier alpha value is -3.33. The predicted molar refractivity (Wildman–Crippen MR) is 136 cm³/mol. The van der Waals surface area contributed by atoms with Gasteiger partial charge >= 0.3 is 6.18 Å². The lowest BCUT2D eigenvalue weighted by atomic mass is 9.62. The zero-order chi connectivity index (χ0) is 26.4. The van der Waals surface area contributed by atoms with Crippen LogP contribution in [0.15, 0.2) is 48.5 Å². The normalized spacial score (nSPS) is 17.1. The quantitative estimate of drug-likeness (QED) is 0.421. The standard InChI is InChI=1S/C28H31F3N4O2/c1-33(2)18-16-27(14-4-15-27)19-5-7-20(8-6-19)34-17-13-23-24(26(34)36)35(32-25(23)28(29,30)31)21-9-11-22(37-3)12-10-21/h5-12H,4,13-18H2,1-3H3. The van der Waals surface area contributed by atoms with E-state index in [1.807, 2.05) is 12.1 Å². The highest BCUT2D eigenvalue weighted by Crippen LogP contribution is 2.47. The topological polar surface area (TPSA) is 50.6 Å².